The molecule has 2 heterocycles. The van der Waals surface area contributed by atoms with Gasteiger partial charge in [0, 0.05) is 43.9 Å². The molecular formula is C22H30N4O2. The molecule has 0 bridgehead atoms. The number of carbonyl (C=O) groups is 1. The Labute approximate surface area is 166 Å². The average Bonchev–Trinajstić information content (AvgIpc) is 3.44. The Balaban J connectivity index is 1.37. The maximum Gasteiger partial charge on any atom is 0.322 e. The number of rotatable bonds is 6. The third-order valence-electron chi connectivity index (χ3n) is 5.59. The van der Waals surface area contributed by atoms with Gasteiger partial charge < -0.3 is 19.5 Å². The molecule has 28 heavy (non-hydrogen) atoms. The van der Waals surface area contributed by atoms with Gasteiger partial charge in [0.25, 0.3) is 0 Å². The smallest absolute Gasteiger partial charge is 0.322 e. The number of nitrogens with zero attached hydrogens (tertiary/aromatic N) is 3. The van der Waals surface area contributed by atoms with Crippen molar-refractivity contribution in [3.8, 4) is 0 Å². The highest BCUT2D eigenvalue weighted by Gasteiger charge is 2.26. The zero-order chi connectivity index (χ0) is 19.7. The van der Waals surface area contributed by atoms with Crippen LogP contribution in [0.25, 0.3) is 0 Å². The van der Waals surface area contributed by atoms with Crippen LogP contribution in [0.15, 0.2) is 24.3 Å². The summed E-state index contributed by atoms with van der Waals surface area (Å²) in [6.45, 7) is 7.01. The Morgan fingerprint density at radius 3 is 2.93 bits per heavy atom. The minimum absolute atomic E-state index is 0.0709. The van der Waals surface area contributed by atoms with Crippen LogP contribution in [0.4, 0.5) is 10.5 Å². The number of imidazole rings is 1. The summed E-state index contributed by atoms with van der Waals surface area (Å²) in [5.74, 6) is 2.23. The Hall–Kier alpha value is -2.34. The molecule has 0 atom stereocenters. The van der Waals surface area contributed by atoms with Gasteiger partial charge in [-0.05, 0) is 36.5 Å². The fourth-order valence-electron chi connectivity index (χ4n) is 3.81. The number of hydrogen-bond donors (Lipinski definition) is 1. The molecule has 0 unspecified atom stereocenters. The van der Waals surface area contributed by atoms with Crippen molar-refractivity contribution in [3.05, 3.63) is 47.0 Å². The van der Waals surface area contributed by atoms with Crippen molar-refractivity contribution in [2.75, 3.05) is 18.5 Å². The zero-order valence-corrected chi connectivity index (χ0v) is 17.1. The lowest BCUT2D eigenvalue weighted by Gasteiger charge is -2.27. The minimum atomic E-state index is -0.0709. The highest BCUT2D eigenvalue weighted by atomic mass is 16.5. The van der Waals surface area contributed by atoms with Gasteiger partial charge in [-0.1, -0.05) is 26.0 Å². The molecule has 1 aromatic carbocycles. The molecular weight excluding hydrogens is 352 g/mol. The molecule has 6 nitrogen and oxygen atoms in total. The number of carbonyl (C=O) groups excluding carboxylic acids is 1. The van der Waals surface area contributed by atoms with Crippen LogP contribution in [0.3, 0.4) is 0 Å². The van der Waals surface area contributed by atoms with E-state index in [0.29, 0.717) is 25.6 Å². The molecule has 1 aliphatic carbocycles. The topological polar surface area (TPSA) is 59.4 Å². The van der Waals surface area contributed by atoms with E-state index in [-0.39, 0.29) is 6.03 Å². The van der Waals surface area contributed by atoms with Gasteiger partial charge in [0.15, 0.2) is 0 Å². The van der Waals surface area contributed by atoms with E-state index in [0.717, 1.165) is 41.7 Å². The van der Waals surface area contributed by atoms with Crippen molar-refractivity contribution in [2.24, 2.45) is 13.0 Å². The van der Waals surface area contributed by atoms with E-state index in [1.165, 1.54) is 18.5 Å². The number of benzene rings is 1. The second kappa shape index (κ2) is 7.95. The lowest BCUT2D eigenvalue weighted by Crippen LogP contribution is -2.39. The molecule has 2 aromatic rings. The fourth-order valence-corrected chi connectivity index (χ4v) is 3.81. The zero-order valence-electron chi connectivity index (χ0n) is 17.1. The van der Waals surface area contributed by atoms with Gasteiger partial charge in [0.2, 0.25) is 0 Å². The minimum Gasteiger partial charge on any atom is -0.376 e. The molecule has 4 rings (SSSR count). The van der Waals surface area contributed by atoms with E-state index in [9.17, 15) is 4.79 Å². The number of ether oxygens (including phenoxy) is 1. The first-order valence-corrected chi connectivity index (χ1v) is 10.3. The summed E-state index contributed by atoms with van der Waals surface area (Å²) in [7, 11) is 2.08. The quantitative estimate of drug-likeness (QED) is 0.820. The van der Waals surface area contributed by atoms with Crippen molar-refractivity contribution in [3.63, 3.8) is 0 Å². The predicted molar refractivity (Wildman–Crippen MR) is 109 cm³/mol. The van der Waals surface area contributed by atoms with Crippen LogP contribution < -0.4 is 5.32 Å². The molecule has 1 saturated carbocycles. The Morgan fingerprint density at radius 2 is 2.18 bits per heavy atom. The van der Waals surface area contributed by atoms with Crippen LogP contribution in [0.5, 0.6) is 0 Å². The number of amides is 2. The fraction of sp³-hybridized carbons (Fsp3) is 0.545. The number of nitrogens with one attached hydrogen (secondary N) is 1. The summed E-state index contributed by atoms with van der Waals surface area (Å²) in [4.78, 5) is 19.4. The summed E-state index contributed by atoms with van der Waals surface area (Å²) >= 11 is 0. The first kappa shape index (κ1) is 19.0. The van der Waals surface area contributed by atoms with E-state index in [4.69, 9.17) is 9.72 Å². The summed E-state index contributed by atoms with van der Waals surface area (Å²) in [5.41, 5.74) is 4.18. The molecule has 150 valence electrons. The summed E-state index contributed by atoms with van der Waals surface area (Å²) in [6, 6.07) is 7.86. The molecule has 1 aromatic heterocycles. The van der Waals surface area contributed by atoms with Crippen molar-refractivity contribution in [1.29, 1.82) is 0 Å². The third-order valence-corrected chi connectivity index (χ3v) is 5.59. The predicted octanol–water partition coefficient (Wildman–Crippen LogP) is 4.06. The lowest BCUT2D eigenvalue weighted by molar-refractivity contribution is 0.111. The standard InChI is InChI=1S/C22H30N4O2/c1-15(2)21-24-19-12-26(10-9-20(19)25(21)3)22(27)23-18-6-4-5-17(11-18)14-28-13-16-7-8-16/h4-6,11,15-16H,7-10,12-14H2,1-3H3,(H,23,27). The van der Waals surface area contributed by atoms with Gasteiger partial charge in [-0.2, -0.15) is 0 Å². The van der Waals surface area contributed by atoms with Crippen LogP contribution in [0, 0.1) is 5.92 Å². The van der Waals surface area contributed by atoms with Gasteiger partial charge in [0.1, 0.15) is 5.82 Å². The van der Waals surface area contributed by atoms with Gasteiger partial charge >= 0.3 is 6.03 Å². The van der Waals surface area contributed by atoms with Crippen LogP contribution in [0.1, 0.15) is 55.4 Å². The summed E-state index contributed by atoms with van der Waals surface area (Å²) in [6.07, 6.45) is 3.43. The molecule has 6 heteroatoms. The lowest BCUT2D eigenvalue weighted by atomic mass is 10.1. The van der Waals surface area contributed by atoms with Gasteiger partial charge in [0.05, 0.1) is 18.8 Å². The van der Waals surface area contributed by atoms with Crippen LogP contribution in [0.2, 0.25) is 0 Å². The number of urea groups is 1. The SMILES string of the molecule is CC(C)c1nc2c(n1C)CCN(C(=O)Nc1cccc(COCC3CC3)c1)C2. The Bertz CT molecular complexity index is 854. The number of anilines is 1. The van der Waals surface area contributed by atoms with E-state index >= 15 is 0 Å². The highest BCUT2D eigenvalue weighted by Crippen LogP contribution is 2.29. The van der Waals surface area contributed by atoms with Crippen molar-refractivity contribution >= 4 is 11.7 Å². The summed E-state index contributed by atoms with van der Waals surface area (Å²) in [5, 5.41) is 3.04. The summed E-state index contributed by atoms with van der Waals surface area (Å²) < 4.78 is 7.95. The highest BCUT2D eigenvalue weighted by molar-refractivity contribution is 5.89. The molecule has 2 amide bonds. The number of hydrogen-bond acceptors (Lipinski definition) is 3. The maximum atomic E-state index is 12.8. The van der Waals surface area contributed by atoms with E-state index in [1.54, 1.807) is 0 Å². The first-order chi connectivity index (χ1) is 13.5. The first-order valence-electron chi connectivity index (χ1n) is 10.3. The third kappa shape index (κ3) is 4.22. The van der Waals surface area contributed by atoms with E-state index in [1.807, 2.05) is 29.2 Å². The van der Waals surface area contributed by atoms with Crippen molar-refractivity contribution < 1.29 is 9.53 Å². The molecule has 0 saturated heterocycles. The van der Waals surface area contributed by atoms with Crippen molar-refractivity contribution in [1.82, 2.24) is 14.5 Å². The molecule has 1 fully saturated rings. The number of fused-ring (bicyclic) bond motifs is 1. The van der Waals surface area contributed by atoms with Crippen LogP contribution in [-0.2, 0) is 31.4 Å². The van der Waals surface area contributed by atoms with Gasteiger partial charge in [-0.3, -0.25) is 0 Å². The monoisotopic (exact) mass is 382 g/mol. The van der Waals surface area contributed by atoms with E-state index < -0.39 is 0 Å². The van der Waals surface area contributed by atoms with Crippen molar-refractivity contribution in [2.45, 2.75) is 52.2 Å². The molecule has 0 radical (unpaired) electrons. The van der Waals surface area contributed by atoms with Gasteiger partial charge in [-0.25, -0.2) is 9.78 Å². The second-order valence-corrected chi connectivity index (χ2v) is 8.34. The largest absolute Gasteiger partial charge is 0.376 e. The normalized spacial score (nSPS) is 16.4. The Kier molecular flexibility index (Phi) is 5.40. The van der Waals surface area contributed by atoms with Crippen LogP contribution in [-0.4, -0.2) is 33.6 Å². The van der Waals surface area contributed by atoms with Crippen LogP contribution >= 0.6 is 0 Å². The number of aromatic nitrogens is 2. The Morgan fingerprint density at radius 1 is 1.36 bits per heavy atom. The molecule has 1 aliphatic heterocycles. The van der Waals surface area contributed by atoms with Gasteiger partial charge in [-0.15, -0.1) is 0 Å². The maximum absolute atomic E-state index is 12.8. The molecule has 0 spiro atoms. The molecule has 1 N–H and O–H groups in total. The average molecular weight is 383 g/mol. The second-order valence-electron chi connectivity index (χ2n) is 8.34. The molecule has 2 aliphatic rings. The van der Waals surface area contributed by atoms with E-state index in [2.05, 4.69) is 30.8 Å².